The largest absolute Gasteiger partial charge is 0.349 e. The molecule has 1 atom stereocenters. The maximum absolute atomic E-state index is 12.7. The molecule has 1 aliphatic carbocycles. The van der Waals surface area contributed by atoms with Gasteiger partial charge in [-0.2, -0.15) is 5.10 Å². The predicted octanol–water partition coefficient (Wildman–Crippen LogP) is 2.23. The topological polar surface area (TPSA) is 67.2 Å². The van der Waals surface area contributed by atoms with Crippen LogP contribution in [0.25, 0.3) is 0 Å². The van der Waals surface area contributed by atoms with Gasteiger partial charge in [0.2, 0.25) is 5.91 Å². The van der Waals surface area contributed by atoms with Crippen LogP contribution in [0.2, 0.25) is 0 Å². The lowest BCUT2D eigenvalue weighted by atomic mass is 9.92. The van der Waals surface area contributed by atoms with Crippen molar-refractivity contribution in [2.75, 3.05) is 13.1 Å². The molecule has 0 radical (unpaired) electrons. The van der Waals surface area contributed by atoms with Gasteiger partial charge in [0.15, 0.2) is 0 Å². The van der Waals surface area contributed by atoms with Crippen molar-refractivity contribution in [3.8, 4) is 0 Å². The highest BCUT2D eigenvalue weighted by Crippen LogP contribution is 2.34. The first-order valence-electron chi connectivity index (χ1n) is 9.23. The first kappa shape index (κ1) is 17.7. The number of aromatic nitrogens is 2. The maximum atomic E-state index is 12.7. The zero-order valence-corrected chi connectivity index (χ0v) is 15.2. The van der Waals surface area contributed by atoms with E-state index in [0.29, 0.717) is 11.8 Å². The van der Waals surface area contributed by atoms with Gasteiger partial charge in [-0.15, -0.1) is 0 Å². The summed E-state index contributed by atoms with van der Waals surface area (Å²) in [6.45, 7) is 7.05. The summed E-state index contributed by atoms with van der Waals surface area (Å²) in [5, 5.41) is 7.66. The molecule has 2 aliphatic rings. The summed E-state index contributed by atoms with van der Waals surface area (Å²) in [4.78, 5) is 26.0. The SMILES string of the molecule is C=CC(=O)N1CC(CC(C)NC(=O)c2cn(C)nc2C2CCCC2)C1. The van der Waals surface area contributed by atoms with Gasteiger partial charge in [0, 0.05) is 38.3 Å². The Labute approximate surface area is 149 Å². The van der Waals surface area contributed by atoms with E-state index in [1.165, 1.54) is 18.9 Å². The second-order valence-electron chi connectivity index (χ2n) is 7.51. The van der Waals surface area contributed by atoms with Gasteiger partial charge in [-0.25, -0.2) is 0 Å². The van der Waals surface area contributed by atoms with E-state index in [2.05, 4.69) is 17.0 Å². The highest BCUT2D eigenvalue weighted by Gasteiger charge is 2.31. The Morgan fingerprint density at radius 2 is 2.08 bits per heavy atom. The zero-order chi connectivity index (χ0) is 18.0. The van der Waals surface area contributed by atoms with Gasteiger partial charge >= 0.3 is 0 Å². The molecular formula is C19H28N4O2. The van der Waals surface area contributed by atoms with E-state index in [9.17, 15) is 9.59 Å². The third kappa shape index (κ3) is 3.94. The summed E-state index contributed by atoms with van der Waals surface area (Å²) in [5.74, 6) is 0.829. The number of likely N-dealkylation sites (tertiary alicyclic amines) is 1. The Kier molecular flexibility index (Phi) is 5.25. The molecule has 0 aromatic carbocycles. The molecule has 1 saturated heterocycles. The van der Waals surface area contributed by atoms with Crippen molar-refractivity contribution in [1.29, 1.82) is 0 Å². The van der Waals surface area contributed by atoms with Crippen LogP contribution in [0.5, 0.6) is 0 Å². The maximum Gasteiger partial charge on any atom is 0.254 e. The average molecular weight is 344 g/mol. The van der Waals surface area contributed by atoms with Crippen molar-refractivity contribution in [1.82, 2.24) is 20.0 Å². The number of hydrogen-bond donors (Lipinski definition) is 1. The quantitative estimate of drug-likeness (QED) is 0.805. The van der Waals surface area contributed by atoms with Crippen molar-refractivity contribution in [2.24, 2.45) is 13.0 Å². The molecule has 1 aromatic rings. The monoisotopic (exact) mass is 344 g/mol. The van der Waals surface area contributed by atoms with Gasteiger partial charge in [0.1, 0.15) is 0 Å². The number of amides is 2. The Balaban J connectivity index is 1.54. The van der Waals surface area contributed by atoms with Crippen molar-refractivity contribution in [2.45, 2.75) is 51.0 Å². The fourth-order valence-corrected chi connectivity index (χ4v) is 4.07. The average Bonchev–Trinajstić information content (AvgIpc) is 3.18. The molecule has 136 valence electrons. The highest BCUT2D eigenvalue weighted by molar-refractivity contribution is 5.95. The lowest BCUT2D eigenvalue weighted by molar-refractivity contribution is -0.132. The summed E-state index contributed by atoms with van der Waals surface area (Å²) < 4.78 is 1.75. The lowest BCUT2D eigenvalue weighted by Crippen LogP contribution is -2.51. The molecule has 6 nitrogen and oxygen atoms in total. The van der Waals surface area contributed by atoms with E-state index in [1.807, 2.05) is 20.2 Å². The highest BCUT2D eigenvalue weighted by atomic mass is 16.2. The van der Waals surface area contributed by atoms with E-state index in [4.69, 9.17) is 0 Å². The van der Waals surface area contributed by atoms with Crippen LogP contribution in [0, 0.1) is 5.92 Å². The van der Waals surface area contributed by atoms with Crippen molar-refractivity contribution in [3.05, 3.63) is 30.1 Å². The third-order valence-corrected chi connectivity index (χ3v) is 5.35. The van der Waals surface area contributed by atoms with Gasteiger partial charge in [-0.1, -0.05) is 19.4 Å². The van der Waals surface area contributed by atoms with E-state index in [0.717, 1.165) is 43.6 Å². The van der Waals surface area contributed by atoms with Crippen LogP contribution in [0.15, 0.2) is 18.9 Å². The predicted molar refractivity (Wildman–Crippen MR) is 96.2 cm³/mol. The van der Waals surface area contributed by atoms with Gasteiger partial charge in [0.05, 0.1) is 11.3 Å². The fourth-order valence-electron chi connectivity index (χ4n) is 4.07. The Hall–Kier alpha value is -2.11. The summed E-state index contributed by atoms with van der Waals surface area (Å²) in [6.07, 6.45) is 8.77. The molecule has 3 rings (SSSR count). The number of carbonyl (C=O) groups is 2. The lowest BCUT2D eigenvalue weighted by Gasteiger charge is -2.40. The van der Waals surface area contributed by atoms with E-state index >= 15 is 0 Å². The molecule has 0 spiro atoms. The first-order chi connectivity index (χ1) is 12.0. The number of nitrogens with one attached hydrogen (secondary N) is 1. The molecule has 2 heterocycles. The van der Waals surface area contributed by atoms with Gasteiger partial charge in [-0.05, 0) is 38.2 Å². The normalized spacial score (nSPS) is 19.5. The van der Waals surface area contributed by atoms with Crippen LogP contribution in [0.3, 0.4) is 0 Å². The fraction of sp³-hybridized carbons (Fsp3) is 0.632. The van der Waals surface area contributed by atoms with Crippen molar-refractivity contribution >= 4 is 11.8 Å². The van der Waals surface area contributed by atoms with Gasteiger partial charge in [0.25, 0.3) is 5.91 Å². The van der Waals surface area contributed by atoms with Crippen LogP contribution < -0.4 is 5.32 Å². The van der Waals surface area contributed by atoms with Crippen molar-refractivity contribution in [3.63, 3.8) is 0 Å². The van der Waals surface area contributed by atoms with Gasteiger partial charge in [-0.3, -0.25) is 14.3 Å². The van der Waals surface area contributed by atoms with Crippen LogP contribution in [-0.2, 0) is 11.8 Å². The number of hydrogen-bond acceptors (Lipinski definition) is 3. The molecule has 6 heteroatoms. The number of aryl methyl sites for hydroxylation is 1. The zero-order valence-electron chi connectivity index (χ0n) is 15.2. The summed E-state index contributed by atoms with van der Waals surface area (Å²) >= 11 is 0. The number of nitrogens with zero attached hydrogens (tertiary/aromatic N) is 3. The minimum atomic E-state index is -0.0270. The first-order valence-corrected chi connectivity index (χ1v) is 9.23. The van der Waals surface area contributed by atoms with Crippen LogP contribution in [0.1, 0.15) is 61.0 Å². The standard InChI is InChI=1S/C19H28N4O2/c1-4-17(24)23-10-14(11-23)9-13(2)20-19(25)16-12-22(3)21-18(16)15-7-5-6-8-15/h4,12-15H,1,5-11H2,2-3H3,(H,20,25). The van der Waals surface area contributed by atoms with E-state index in [-0.39, 0.29) is 17.9 Å². The molecule has 2 fully saturated rings. The summed E-state index contributed by atoms with van der Waals surface area (Å²) in [5.41, 5.74) is 1.68. The van der Waals surface area contributed by atoms with E-state index < -0.39 is 0 Å². The number of carbonyl (C=O) groups excluding carboxylic acids is 2. The molecule has 2 amide bonds. The second-order valence-corrected chi connectivity index (χ2v) is 7.51. The number of rotatable bonds is 6. The van der Waals surface area contributed by atoms with E-state index in [1.54, 1.807) is 9.58 Å². The molecule has 1 aliphatic heterocycles. The smallest absolute Gasteiger partial charge is 0.254 e. The third-order valence-electron chi connectivity index (χ3n) is 5.35. The summed E-state index contributed by atoms with van der Waals surface area (Å²) in [6, 6.07) is 0.0788. The Bertz CT molecular complexity index is 654. The van der Waals surface area contributed by atoms with Gasteiger partial charge < -0.3 is 10.2 Å². The minimum Gasteiger partial charge on any atom is -0.349 e. The second kappa shape index (κ2) is 7.42. The van der Waals surface area contributed by atoms with Crippen molar-refractivity contribution < 1.29 is 9.59 Å². The van der Waals surface area contributed by atoms with Crippen LogP contribution in [0.4, 0.5) is 0 Å². The molecule has 0 bridgehead atoms. The minimum absolute atomic E-state index is 0.00972. The molecule has 1 aromatic heterocycles. The molecular weight excluding hydrogens is 316 g/mol. The molecule has 25 heavy (non-hydrogen) atoms. The molecule has 1 N–H and O–H groups in total. The van der Waals surface area contributed by atoms with Crippen LogP contribution >= 0.6 is 0 Å². The molecule has 1 saturated carbocycles. The molecule has 1 unspecified atom stereocenters. The summed E-state index contributed by atoms with van der Waals surface area (Å²) in [7, 11) is 1.87. The Morgan fingerprint density at radius 3 is 2.72 bits per heavy atom. The van der Waals surface area contributed by atoms with Crippen LogP contribution in [-0.4, -0.2) is 45.6 Å². The Morgan fingerprint density at radius 1 is 1.40 bits per heavy atom.